The fourth-order valence-corrected chi connectivity index (χ4v) is 4.12. The Morgan fingerprint density at radius 2 is 2.07 bits per heavy atom. The normalized spacial score (nSPS) is 17.2. The third-order valence-corrected chi connectivity index (χ3v) is 5.60. The fourth-order valence-electron chi connectivity index (χ4n) is 3.76. The number of pyridine rings is 1. The van der Waals surface area contributed by atoms with E-state index in [2.05, 4.69) is 41.8 Å². The van der Waals surface area contributed by atoms with Crippen molar-refractivity contribution < 1.29 is 9.90 Å². The number of benzene rings is 1. The zero-order valence-electron chi connectivity index (χ0n) is 14.8. The molecule has 1 aliphatic heterocycles. The standard InChI is InChI=1S/C20H21BrN4O2/c21-15-3-4-16-17(12-23-18(16)10-15)19(20(26)27)25-8-6-24(7-9-25)13-14-2-1-5-22-11-14/h1-5,10-12,19,23H,6-9,13H2,(H,26,27)/t19-/m1/s1. The van der Waals surface area contributed by atoms with Crippen molar-refractivity contribution in [2.75, 3.05) is 26.2 Å². The number of aromatic nitrogens is 2. The maximum atomic E-state index is 12.1. The fraction of sp³-hybridized carbons (Fsp3) is 0.300. The Kier molecular flexibility index (Phi) is 5.24. The minimum Gasteiger partial charge on any atom is -0.480 e. The highest BCUT2D eigenvalue weighted by molar-refractivity contribution is 9.10. The number of H-pyrrole nitrogens is 1. The van der Waals surface area contributed by atoms with Gasteiger partial charge in [0.25, 0.3) is 0 Å². The van der Waals surface area contributed by atoms with E-state index in [1.807, 2.05) is 36.7 Å². The van der Waals surface area contributed by atoms with Crippen molar-refractivity contribution in [2.24, 2.45) is 0 Å². The van der Waals surface area contributed by atoms with Gasteiger partial charge in [0.1, 0.15) is 6.04 Å². The average Bonchev–Trinajstić information content (AvgIpc) is 3.06. The van der Waals surface area contributed by atoms with Crippen LogP contribution in [0.25, 0.3) is 10.9 Å². The van der Waals surface area contributed by atoms with Gasteiger partial charge in [0.2, 0.25) is 0 Å². The summed E-state index contributed by atoms with van der Waals surface area (Å²) in [5.41, 5.74) is 2.95. The van der Waals surface area contributed by atoms with E-state index in [1.165, 1.54) is 5.56 Å². The Labute approximate surface area is 165 Å². The Hall–Kier alpha value is -2.22. The van der Waals surface area contributed by atoms with Crippen LogP contribution in [0.1, 0.15) is 17.2 Å². The third kappa shape index (κ3) is 3.90. The summed E-state index contributed by atoms with van der Waals surface area (Å²) in [4.78, 5) is 23.9. The van der Waals surface area contributed by atoms with Crippen molar-refractivity contribution in [3.8, 4) is 0 Å². The van der Waals surface area contributed by atoms with Crippen molar-refractivity contribution in [2.45, 2.75) is 12.6 Å². The molecular formula is C20H21BrN4O2. The van der Waals surface area contributed by atoms with Gasteiger partial charge in [-0.15, -0.1) is 0 Å². The first-order chi connectivity index (χ1) is 13.1. The monoisotopic (exact) mass is 428 g/mol. The molecule has 7 heteroatoms. The molecule has 0 unspecified atom stereocenters. The van der Waals surface area contributed by atoms with Crippen molar-refractivity contribution >= 4 is 32.8 Å². The molecule has 1 fully saturated rings. The lowest BCUT2D eigenvalue weighted by atomic mass is 10.0. The summed E-state index contributed by atoms with van der Waals surface area (Å²) in [7, 11) is 0. The van der Waals surface area contributed by atoms with Crippen LogP contribution in [-0.4, -0.2) is 57.0 Å². The van der Waals surface area contributed by atoms with Crippen LogP contribution >= 0.6 is 15.9 Å². The summed E-state index contributed by atoms with van der Waals surface area (Å²) >= 11 is 3.46. The quantitative estimate of drug-likeness (QED) is 0.652. The minimum absolute atomic E-state index is 0.638. The number of hydrogen-bond acceptors (Lipinski definition) is 4. The van der Waals surface area contributed by atoms with Gasteiger partial charge in [-0.05, 0) is 23.8 Å². The molecule has 0 amide bonds. The number of aliphatic carboxylic acids is 1. The SMILES string of the molecule is O=C(O)[C@@H](c1c[nH]c2cc(Br)ccc12)N1CCN(Cc2cccnc2)CC1. The second-order valence-electron chi connectivity index (χ2n) is 6.85. The number of halogens is 1. The predicted molar refractivity (Wildman–Crippen MR) is 107 cm³/mol. The van der Waals surface area contributed by atoms with E-state index in [1.54, 1.807) is 6.20 Å². The molecule has 0 radical (unpaired) electrons. The van der Waals surface area contributed by atoms with Crippen molar-refractivity contribution in [1.29, 1.82) is 0 Å². The Morgan fingerprint density at radius 3 is 2.78 bits per heavy atom. The molecule has 0 saturated carbocycles. The lowest BCUT2D eigenvalue weighted by molar-refractivity contribution is -0.144. The summed E-state index contributed by atoms with van der Waals surface area (Å²) < 4.78 is 0.972. The summed E-state index contributed by atoms with van der Waals surface area (Å²) in [6.07, 6.45) is 5.49. The predicted octanol–water partition coefficient (Wildman–Crippen LogP) is 3.27. The average molecular weight is 429 g/mol. The summed E-state index contributed by atoms with van der Waals surface area (Å²) in [5.74, 6) is -0.806. The van der Waals surface area contributed by atoms with Crippen LogP contribution in [0.3, 0.4) is 0 Å². The molecule has 3 aromatic rings. The number of carboxylic acids is 1. The first-order valence-electron chi connectivity index (χ1n) is 8.96. The van der Waals surface area contributed by atoms with Gasteiger partial charge in [-0.25, -0.2) is 0 Å². The lowest BCUT2D eigenvalue weighted by Gasteiger charge is -2.37. The first-order valence-corrected chi connectivity index (χ1v) is 9.76. The minimum atomic E-state index is -0.806. The van der Waals surface area contributed by atoms with Crippen LogP contribution in [0.5, 0.6) is 0 Å². The van der Waals surface area contributed by atoms with Gasteiger partial charge in [-0.2, -0.15) is 0 Å². The molecule has 1 aliphatic rings. The Bertz CT molecular complexity index is 936. The van der Waals surface area contributed by atoms with Gasteiger partial charge < -0.3 is 10.1 Å². The van der Waals surface area contributed by atoms with E-state index < -0.39 is 12.0 Å². The van der Waals surface area contributed by atoms with Crippen LogP contribution in [-0.2, 0) is 11.3 Å². The molecular weight excluding hydrogens is 408 g/mol. The first kappa shape index (κ1) is 18.2. The largest absolute Gasteiger partial charge is 0.480 e. The molecule has 1 aromatic carbocycles. The number of hydrogen-bond donors (Lipinski definition) is 2. The molecule has 3 heterocycles. The second-order valence-corrected chi connectivity index (χ2v) is 7.76. The van der Waals surface area contributed by atoms with E-state index in [4.69, 9.17) is 0 Å². The molecule has 1 saturated heterocycles. The smallest absolute Gasteiger partial charge is 0.325 e. The molecule has 0 aliphatic carbocycles. The molecule has 0 bridgehead atoms. The van der Waals surface area contributed by atoms with Crippen molar-refractivity contribution in [3.05, 3.63) is 64.5 Å². The number of carboxylic acid groups (broad SMARTS) is 1. The van der Waals surface area contributed by atoms with Crippen LogP contribution < -0.4 is 0 Å². The molecule has 1 atom stereocenters. The molecule has 4 rings (SSSR count). The van der Waals surface area contributed by atoms with Crippen molar-refractivity contribution in [1.82, 2.24) is 19.8 Å². The molecule has 0 spiro atoms. The van der Waals surface area contributed by atoms with Crippen LogP contribution in [0, 0.1) is 0 Å². The maximum absolute atomic E-state index is 12.1. The number of aromatic amines is 1. The molecule has 2 aromatic heterocycles. The van der Waals surface area contributed by atoms with E-state index in [0.717, 1.165) is 53.7 Å². The molecule has 27 heavy (non-hydrogen) atoms. The highest BCUT2D eigenvalue weighted by Gasteiger charge is 2.32. The molecule has 2 N–H and O–H groups in total. The number of rotatable bonds is 5. The third-order valence-electron chi connectivity index (χ3n) is 5.11. The van der Waals surface area contributed by atoms with Crippen LogP contribution in [0.15, 0.2) is 53.4 Å². The van der Waals surface area contributed by atoms with Gasteiger partial charge in [0, 0.05) is 72.3 Å². The van der Waals surface area contributed by atoms with Gasteiger partial charge >= 0.3 is 5.97 Å². The number of nitrogens with zero attached hydrogens (tertiary/aromatic N) is 3. The second kappa shape index (κ2) is 7.80. The van der Waals surface area contributed by atoms with Crippen molar-refractivity contribution in [3.63, 3.8) is 0 Å². The number of fused-ring (bicyclic) bond motifs is 1. The summed E-state index contributed by atoms with van der Waals surface area (Å²) in [6.45, 7) is 3.97. The van der Waals surface area contributed by atoms with E-state index >= 15 is 0 Å². The number of piperazine rings is 1. The maximum Gasteiger partial charge on any atom is 0.325 e. The molecule has 6 nitrogen and oxygen atoms in total. The highest BCUT2D eigenvalue weighted by atomic mass is 79.9. The van der Waals surface area contributed by atoms with Gasteiger partial charge in [-0.1, -0.05) is 28.1 Å². The Morgan fingerprint density at radius 1 is 1.26 bits per heavy atom. The number of nitrogens with one attached hydrogen (secondary N) is 1. The summed E-state index contributed by atoms with van der Waals surface area (Å²) in [6, 6.07) is 9.28. The van der Waals surface area contributed by atoms with Gasteiger partial charge in [-0.3, -0.25) is 19.6 Å². The zero-order chi connectivity index (χ0) is 18.8. The summed E-state index contributed by atoms with van der Waals surface area (Å²) in [5, 5.41) is 10.9. The van der Waals surface area contributed by atoms with Crippen LogP contribution in [0.2, 0.25) is 0 Å². The van der Waals surface area contributed by atoms with E-state index in [-0.39, 0.29) is 0 Å². The van der Waals surface area contributed by atoms with E-state index in [9.17, 15) is 9.90 Å². The zero-order valence-corrected chi connectivity index (χ0v) is 16.4. The van der Waals surface area contributed by atoms with Gasteiger partial charge in [0.05, 0.1) is 0 Å². The lowest BCUT2D eigenvalue weighted by Crippen LogP contribution is -2.48. The van der Waals surface area contributed by atoms with E-state index in [0.29, 0.717) is 0 Å². The van der Waals surface area contributed by atoms with Gasteiger partial charge in [0.15, 0.2) is 0 Å². The number of carbonyl (C=O) groups is 1. The topological polar surface area (TPSA) is 72.5 Å². The molecule has 140 valence electrons. The Balaban J connectivity index is 1.49. The van der Waals surface area contributed by atoms with Crippen LogP contribution in [0.4, 0.5) is 0 Å². The highest BCUT2D eigenvalue weighted by Crippen LogP contribution is 2.31.